The maximum absolute atomic E-state index is 12.7. The standard InChI is InChI=1S/C27H30N4O7/c1-35-24-7-5-21-26(29-24)18(8-10-28-21)3-2-11-30(12-9-25(32)33)16-20-17-31(27(34)38-20)19-4-6-22-23(15-19)37-14-13-36-22/h4-8,10,15,20H,2-3,9,11-14,16-17H2,1H3,(H,32,33)/t20-/m1/s1. The Hall–Kier alpha value is -4.12. The molecule has 2 aliphatic heterocycles. The second-order valence-electron chi connectivity index (χ2n) is 9.18. The summed E-state index contributed by atoms with van der Waals surface area (Å²) in [5.74, 6) is 0.914. The minimum absolute atomic E-state index is 0.00346. The molecule has 0 spiro atoms. The molecule has 1 fully saturated rings. The number of hydrogen-bond donors (Lipinski definition) is 1. The van der Waals surface area contributed by atoms with Crippen molar-refractivity contribution in [3.05, 3.63) is 48.2 Å². The number of anilines is 1. The van der Waals surface area contributed by atoms with Gasteiger partial charge in [-0.15, -0.1) is 0 Å². The van der Waals surface area contributed by atoms with Crippen molar-refractivity contribution in [3.8, 4) is 17.4 Å². The van der Waals surface area contributed by atoms with Crippen molar-refractivity contribution in [1.82, 2.24) is 14.9 Å². The number of nitrogens with zero attached hydrogens (tertiary/aromatic N) is 4. The van der Waals surface area contributed by atoms with Crippen LogP contribution in [0.15, 0.2) is 42.6 Å². The molecule has 5 rings (SSSR count). The van der Waals surface area contributed by atoms with E-state index in [4.69, 9.17) is 18.9 Å². The third-order valence-corrected chi connectivity index (χ3v) is 6.59. The predicted octanol–water partition coefficient (Wildman–Crippen LogP) is 3.14. The fourth-order valence-electron chi connectivity index (χ4n) is 4.73. The number of aliphatic carboxylic acids is 1. The molecular formula is C27H30N4O7. The molecule has 200 valence electrons. The molecule has 2 aliphatic rings. The molecule has 0 aliphatic carbocycles. The van der Waals surface area contributed by atoms with Crippen LogP contribution in [0.4, 0.5) is 10.5 Å². The summed E-state index contributed by atoms with van der Waals surface area (Å²) in [6.07, 6.45) is 2.44. The number of cyclic esters (lactones) is 1. The lowest BCUT2D eigenvalue weighted by molar-refractivity contribution is -0.137. The zero-order chi connectivity index (χ0) is 26.5. The third kappa shape index (κ3) is 5.88. The Bertz CT molecular complexity index is 1320. The normalized spacial score (nSPS) is 16.6. The minimum atomic E-state index is -0.868. The van der Waals surface area contributed by atoms with E-state index >= 15 is 0 Å². The van der Waals surface area contributed by atoms with E-state index in [1.165, 1.54) is 0 Å². The van der Waals surface area contributed by atoms with E-state index in [0.717, 1.165) is 29.4 Å². The van der Waals surface area contributed by atoms with Gasteiger partial charge in [-0.1, -0.05) is 0 Å². The van der Waals surface area contributed by atoms with E-state index in [-0.39, 0.29) is 6.42 Å². The Kier molecular flexibility index (Phi) is 7.73. The van der Waals surface area contributed by atoms with Gasteiger partial charge in [0, 0.05) is 31.4 Å². The van der Waals surface area contributed by atoms with Gasteiger partial charge >= 0.3 is 12.1 Å². The van der Waals surface area contributed by atoms with E-state index in [9.17, 15) is 14.7 Å². The van der Waals surface area contributed by atoms with Crippen LogP contribution in [-0.4, -0.2) is 84.6 Å². The lowest BCUT2D eigenvalue weighted by atomic mass is 10.1. The maximum atomic E-state index is 12.7. The Morgan fingerprint density at radius 2 is 2.00 bits per heavy atom. The highest BCUT2D eigenvalue weighted by molar-refractivity contribution is 5.90. The quantitative estimate of drug-likeness (QED) is 0.402. The van der Waals surface area contributed by atoms with Crippen molar-refractivity contribution in [3.63, 3.8) is 0 Å². The molecular weight excluding hydrogens is 492 g/mol. The molecule has 4 heterocycles. The number of hydrogen-bond acceptors (Lipinski definition) is 9. The number of carboxylic acid groups (broad SMARTS) is 1. The van der Waals surface area contributed by atoms with Crippen molar-refractivity contribution in [1.29, 1.82) is 0 Å². The highest BCUT2D eigenvalue weighted by atomic mass is 16.6. The Labute approximate surface area is 219 Å². The van der Waals surface area contributed by atoms with Gasteiger partial charge in [0.15, 0.2) is 11.5 Å². The van der Waals surface area contributed by atoms with Crippen LogP contribution in [0.1, 0.15) is 18.4 Å². The SMILES string of the molecule is COc1ccc2nccc(CCCN(CCC(=O)O)C[C@@H]3CN(c4ccc5c(c4)OCCO5)C(=O)O3)c2n1. The first-order valence-corrected chi connectivity index (χ1v) is 12.6. The van der Waals surface area contributed by atoms with Gasteiger partial charge in [-0.2, -0.15) is 0 Å². The Morgan fingerprint density at radius 1 is 1.16 bits per heavy atom. The molecule has 0 saturated carbocycles. The molecule has 0 radical (unpaired) electrons. The summed E-state index contributed by atoms with van der Waals surface area (Å²) in [7, 11) is 1.58. The lowest BCUT2D eigenvalue weighted by Gasteiger charge is -2.24. The highest BCUT2D eigenvalue weighted by Gasteiger charge is 2.34. The molecule has 1 N–H and O–H groups in total. The summed E-state index contributed by atoms with van der Waals surface area (Å²) in [6, 6.07) is 11.0. The van der Waals surface area contributed by atoms with Crippen LogP contribution in [0, 0.1) is 0 Å². The number of rotatable bonds is 11. The number of aromatic nitrogens is 2. The van der Waals surface area contributed by atoms with Crippen LogP contribution in [0.25, 0.3) is 11.0 Å². The van der Waals surface area contributed by atoms with Crippen LogP contribution in [0.3, 0.4) is 0 Å². The summed E-state index contributed by atoms with van der Waals surface area (Å²) in [4.78, 5) is 36.5. The molecule has 1 atom stereocenters. The number of ether oxygens (including phenoxy) is 4. The summed E-state index contributed by atoms with van der Waals surface area (Å²) < 4.78 is 22.1. The summed E-state index contributed by atoms with van der Waals surface area (Å²) >= 11 is 0. The smallest absolute Gasteiger partial charge is 0.414 e. The van der Waals surface area contributed by atoms with Crippen molar-refractivity contribution in [2.24, 2.45) is 0 Å². The van der Waals surface area contributed by atoms with Gasteiger partial charge in [-0.25, -0.2) is 9.78 Å². The first kappa shape index (κ1) is 25.5. The predicted molar refractivity (Wildman–Crippen MR) is 138 cm³/mol. The zero-order valence-electron chi connectivity index (χ0n) is 21.2. The van der Waals surface area contributed by atoms with E-state index < -0.39 is 18.2 Å². The first-order chi connectivity index (χ1) is 18.5. The van der Waals surface area contributed by atoms with E-state index in [2.05, 4.69) is 9.97 Å². The third-order valence-electron chi connectivity index (χ3n) is 6.59. The largest absolute Gasteiger partial charge is 0.486 e. The van der Waals surface area contributed by atoms with Gasteiger partial charge in [0.2, 0.25) is 5.88 Å². The monoisotopic (exact) mass is 522 g/mol. The van der Waals surface area contributed by atoms with Crippen LogP contribution < -0.4 is 19.1 Å². The fraction of sp³-hybridized carbons (Fsp3) is 0.407. The van der Waals surface area contributed by atoms with Gasteiger partial charge in [0.25, 0.3) is 0 Å². The number of amides is 1. The molecule has 1 amide bonds. The number of carbonyl (C=O) groups is 2. The topological polar surface area (TPSA) is 124 Å². The molecule has 11 nitrogen and oxygen atoms in total. The summed E-state index contributed by atoms with van der Waals surface area (Å²) in [5, 5.41) is 9.25. The van der Waals surface area contributed by atoms with Gasteiger partial charge in [0.1, 0.15) is 19.3 Å². The second-order valence-corrected chi connectivity index (χ2v) is 9.18. The van der Waals surface area contributed by atoms with Gasteiger partial charge in [-0.05, 0) is 49.2 Å². The lowest BCUT2D eigenvalue weighted by Crippen LogP contribution is -2.37. The van der Waals surface area contributed by atoms with E-state index in [0.29, 0.717) is 62.5 Å². The van der Waals surface area contributed by atoms with Crippen LogP contribution in [0.2, 0.25) is 0 Å². The molecule has 2 aromatic heterocycles. The number of methoxy groups -OCH3 is 1. The van der Waals surface area contributed by atoms with Gasteiger partial charge in [0.05, 0.1) is 36.8 Å². The van der Waals surface area contributed by atoms with Gasteiger partial charge in [-0.3, -0.25) is 19.6 Å². The average molecular weight is 523 g/mol. The molecule has 0 bridgehead atoms. The molecule has 3 aromatic rings. The van der Waals surface area contributed by atoms with Crippen LogP contribution in [0.5, 0.6) is 17.4 Å². The van der Waals surface area contributed by atoms with Gasteiger partial charge < -0.3 is 24.1 Å². The fourth-order valence-corrected chi connectivity index (χ4v) is 4.73. The van der Waals surface area contributed by atoms with Crippen molar-refractivity contribution >= 4 is 28.8 Å². The molecule has 1 aromatic carbocycles. The van der Waals surface area contributed by atoms with E-state index in [1.54, 1.807) is 42.5 Å². The maximum Gasteiger partial charge on any atom is 0.414 e. The zero-order valence-corrected chi connectivity index (χ0v) is 21.2. The summed E-state index contributed by atoms with van der Waals surface area (Å²) in [6.45, 7) is 2.75. The van der Waals surface area contributed by atoms with Crippen LogP contribution >= 0.6 is 0 Å². The molecule has 0 unspecified atom stereocenters. The number of pyridine rings is 2. The second kappa shape index (κ2) is 11.5. The number of carboxylic acids is 1. The average Bonchev–Trinajstić information content (AvgIpc) is 3.30. The number of fused-ring (bicyclic) bond motifs is 2. The van der Waals surface area contributed by atoms with Crippen molar-refractivity contribution in [2.45, 2.75) is 25.4 Å². The van der Waals surface area contributed by atoms with Crippen molar-refractivity contribution in [2.75, 3.05) is 51.4 Å². The number of carbonyl (C=O) groups excluding carboxylic acids is 1. The van der Waals surface area contributed by atoms with Crippen LogP contribution in [-0.2, 0) is 16.0 Å². The molecule has 11 heteroatoms. The number of benzene rings is 1. The Balaban J connectivity index is 1.22. The van der Waals surface area contributed by atoms with Crippen molar-refractivity contribution < 1.29 is 33.6 Å². The summed E-state index contributed by atoms with van der Waals surface area (Å²) in [5.41, 5.74) is 3.31. The first-order valence-electron chi connectivity index (χ1n) is 12.6. The number of aryl methyl sites for hydroxylation is 1. The minimum Gasteiger partial charge on any atom is -0.486 e. The molecule has 1 saturated heterocycles. The molecule has 38 heavy (non-hydrogen) atoms. The Morgan fingerprint density at radius 3 is 2.82 bits per heavy atom. The highest BCUT2D eigenvalue weighted by Crippen LogP contribution is 2.35. The van der Waals surface area contributed by atoms with E-state index in [1.807, 2.05) is 17.0 Å².